The number of thiophene rings is 1. The Balaban J connectivity index is 1.61. The zero-order chi connectivity index (χ0) is 19.1. The summed E-state index contributed by atoms with van der Waals surface area (Å²) >= 11 is 8.24. The smallest absolute Gasteiger partial charge is 0.272 e. The number of amides is 1. The van der Waals surface area contributed by atoms with Crippen LogP contribution in [0.3, 0.4) is 0 Å². The molecule has 0 atom stereocenters. The fourth-order valence-electron chi connectivity index (χ4n) is 4.15. The second kappa shape index (κ2) is 7.35. The van der Waals surface area contributed by atoms with Crippen molar-refractivity contribution in [3.8, 4) is 16.9 Å². The largest absolute Gasteiger partial charge is 0.348 e. The highest BCUT2D eigenvalue weighted by Crippen LogP contribution is 2.40. The number of fused-ring (bicyclic) bond motifs is 3. The van der Waals surface area contributed by atoms with Gasteiger partial charge in [0.2, 0.25) is 0 Å². The van der Waals surface area contributed by atoms with Gasteiger partial charge in [-0.2, -0.15) is 5.10 Å². The molecule has 1 fully saturated rings. The number of nitrogens with one attached hydrogen (secondary N) is 2. The van der Waals surface area contributed by atoms with E-state index in [1.807, 2.05) is 28.9 Å². The molecule has 144 valence electrons. The number of benzene rings is 1. The van der Waals surface area contributed by atoms with Gasteiger partial charge in [0.05, 0.1) is 16.4 Å². The van der Waals surface area contributed by atoms with Gasteiger partial charge in [-0.25, -0.2) is 4.68 Å². The standard InChI is InChI=1S/C21H21ClN4OS/c22-16-3-1-2-4-17(16)26-20-14-9-12-28-18(14)6-5-15(20)19(25-26)21(27)24-13-7-10-23-11-8-13/h1-4,9,12-13,23H,5-8,10-11H2,(H,24,27). The van der Waals surface area contributed by atoms with E-state index in [1.165, 1.54) is 10.4 Å². The molecule has 1 aliphatic heterocycles. The lowest BCUT2D eigenvalue weighted by Gasteiger charge is -2.23. The molecule has 1 aliphatic carbocycles. The number of rotatable bonds is 3. The van der Waals surface area contributed by atoms with Crippen LogP contribution < -0.4 is 10.6 Å². The predicted octanol–water partition coefficient (Wildman–Crippen LogP) is 3.83. The summed E-state index contributed by atoms with van der Waals surface area (Å²) in [6.07, 6.45) is 3.67. The molecule has 5 nitrogen and oxygen atoms in total. The summed E-state index contributed by atoms with van der Waals surface area (Å²) in [5, 5.41) is 14.0. The lowest BCUT2D eigenvalue weighted by molar-refractivity contribution is 0.0923. The summed E-state index contributed by atoms with van der Waals surface area (Å²) in [6, 6.07) is 9.99. The molecule has 1 saturated heterocycles. The number of hydrogen-bond donors (Lipinski definition) is 2. The maximum Gasteiger partial charge on any atom is 0.272 e. The number of nitrogens with zero attached hydrogens (tertiary/aromatic N) is 2. The second-order valence-electron chi connectivity index (χ2n) is 7.29. The van der Waals surface area contributed by atoms with Crippen molar-refractivity contribution >= 4 is 28.8 Å². The summed E-state index contributed by atoms with van der Waals surface area (Å²) in [4.78, 5) is 14.5. The van der Waals surface area contributed by atoms with Crippen LogP contribution in [-0.2, 0) is 12.8 Å². The van der Waals surface area contributed by atoms with Crippen LogP contribution in [0.15, 0.2) is 35.7 Å². The molecule has 3 aromatic rings. The molecular formula is C21H21ClN4OS. The quantitative estimate of drug-likeness (QED) is 0.687. The van der Waals surface area contributed by atoms with Crippen LogP contribution in [0.2, 0.25) is 5.02 Å². The highest BCUT2D eigenvalue weighted by atomic mass is 35.5. The third kappa shape index (κ3) is 3.05. The minimum absolute atomic E-state index is 0.0763. The van der Waals surface area contributed by atoms with Crippen LogP contribution in [0, 0.1) is 0 Å². The summed E-state index contributed by atoms with van der Waals surface area (Å²) in [5.41, 5.74) is 4.54. The zero-order valence-corrected chi connectivity index (χ0v) is 16.9. The molecule has 2 aliphatic rings. The van der Waals surface area contributed by atoms with Crippen LogP contribution in [0.5, 0.6) is 0 Å². The molecule has 0 spiro atoms. The van der Waals surface area contributed by atoms with Crippen molar-refractivity contribution in [2.24, 2.45) is 0 Å². The molecular weight excluding hydrogens is 392 g/mol. The summed E-state index contributed by atoms with van der Waals surface area (Å²) in [7, 11) is 0. The van der Waals surface area contributed by atoms with Crippen LogP contribution in [0.4, 0.5) is 0 Å². The van der Waals surface area contributed by atoms with Gasteiger partial charge in [0.25, 0.3) is 5.91 Å². The number of carbonyl (C=O) groups excluding carboxylic acids is 1. The second-order valence-corrected chi connectivity index (χ2v) is 8.70. The molecule has 0 unspecified atom stereocenters. The van der Waals surface area contributed by atoms with E-state index in [2.05, 4.69) is 22.1 Å². The van der Waals surface area contributed by atoms with Gasteiger partial charge in [-0.1, -0.05) is 23.7 Å². The molecule has 0 radical (unpaired) electrons. The molecule has 2 N–H and O–H groups in total. The Morgan fingerprint density at radius 1 is 1.21 bits per heavy atom. The number of aromatic nitrogens is 2. The first-order valence-electron chi connectivity index (χ1n) is 9.67. The monoisotopic (exact) mass is 412 g/mol. The predicted molar refractivity (Wildman–Crippen MR) is 113 cm³/mol. The Morgan fingerprint density at radius 3 is 2.86 bits per heavy atom. The Morgan fingerprint density at radius 2 is 2.04 bits per heavy atom. The lowest BCUT2D eigenvalue weighted by atomic mass is 9.94. The van der Waals surface area contributed by atoms with Crippen LogP contribution in [0.1, 0.15) is 33.8 Å². The minimum atomic E-state index is -0.0763. The van der Waals surface area contributed by atoms with Crippen molar-refractivity contribution in [3.63, 3.8) is 0 Å². The summed E-state index contributed by atoms with van der Waals surface area (Å²) in [6.45, 7) is 1.88. The van der Waals surface area contributed by atoms with E-state index < -0.39 is 0 Å². The molecule has 1 amide bonds. The Bertz CT molecular complexity index is 1030. The van der Waals surface area contributed by atoms with Gasteiger partial charge in [-0.15, -0.1) is 11.3 Å². The van der Waals surface area contributed by atoms with Crippen molar-refractivity contribution in [1.82, 2.24) is 20.4 Å². The number of carbonyl (C=O) groups is 1. The third-order valence-electron chi connectivity index (χ3n) is 5.56. The van der Waals surface area contributed by atoms with Gasteiger partial charge in [0.15, 0.2) is 5.69 Å². The summed E-state index contributed by atoms with van der Waals surface area (Å²) < 4.78 is 1.86. The van der Waals surface area contributed by atoms with E-state index in [0.717, 1.165) is 55.7 Å². The van der Waals surface area contributed by atoms with Gasteiger partial charge in [0.1, 0.15) is 0 Å². The maximum absolute atomic E-state index is 13.1. The average molecular weight is 413 g/mol. The first-order valence-corrected chi connectivity index (χ1v) is 10.9. The highest BCUT2D eigenvalue weighted by Gasteiger charge is 2.30. The van der Waals surface area contributed by atoms with Gasteiger partial charge < -0.3 is 10.6 Å². The minimum Gasteiger partial charge on any atom is -0.348 e. The topological polar surface area (TPSA) is 59.0 Å². The molecule has 2 aromatic heterocycles. The van der Waals surface area contributed by atoms with E-state index in [4.69, 9.17) is 16.7 Å². The molecule has 1 aromatic carbocycles. The van der Waals surface area contributed by atoms with E-state index in [0.29, 0.717) is 10.7 Å². The summed E-state index contributed by atoms with van der Waals surface area (Å²) in [5.74, 6) is -0.0763. The number of para-hydroxylation sites is 1. The highest BCUT2D eigenvalue weighted by molar-refractivity contribution is 7.10. The van der Waals surface area contributed by atoms with Crippen LogP contribution >= 0.6 is 22.9 Å². The molecule has 0 saturated carbocycles. The SMILES string of the molecule is O=C(NC1CCNCC1)c1nn(-c2ccccc2Cl)c2c1CCc1sccc1-2. The number of hydrogen-bond acceptors (Lipinski definition) is 4. The average Bonchev–Trinajstić information content (AvgIpc) is 3.33. The fourth-order valence-corrected chi connectivity index (χ4v) is 5.24. The molecule has 28 heavy (non-hydrogen) atoms. The first kappa shape index (κ1) is 17.9. The molecule has 0 bridgehead atoms. The van der Waals surface area contributed by atoms with Crippen molar-refractivity contribution in [2.45, 2.75) is 31.7 Å². The maximum atomic E-state index is 13.1. The van der Waals surface area contributed by atoms with Crippen molar-refractivity contribution in [1.29, 1.82) is 0 Å². The fraction of sp³-hybridized carbons (Fsp3) is 0.333. The van der Waals surface area contributed by atoms with E-state index in [-0.39, 0.29) is 11.9 Å². The van der Waals surface area contributed by atoms with E-state index in [9.17, 15) is 4.79 Å². The third-order valence-corrected chi connectivity index (χ3v) is 6.86. The molecule has 7 heteroatoms. The number of halogens is 1. The Labute approximate surface area is 172 Å². The van der Waals surface area contributed by atoms with Gasteiger partial charge in [0, 0.05) is 22.0 Å². The van der Waals surface area contributed by atoms with Crippen molar-refractivity contribution in [2.75, 3.05) is 13.1 Å². The number of piperidine rings is 1. The van der Waals surface area contributed by atoms with Crippen LogP contribution in [-0.4, -0.2) is 34.8 Å². The van der Waals surface area contributed by atoms with E-state index >= 15 is 0 Å². The van der Waals surface area contributed by atoms with Crippen molar-refractivity contribution < 1.29 is 4.79 Å². The van der Waals surface area contributed by atoms with Crippen LogP contribution in [0.25, 0.3) is 16.9 Å². The Hall–Kier alpha value is -2.15. The molecule has 5 rings (SSSR count). The molecule has 3 heterocycles. The van der Waals surface area contributed by atoms with Gasteiger partial charge in [-0.05, 0) is 62.4 Å². The zero-order valence-electron chi connectivity index (χ0n) is 15.4. The normalized spacial score (nSPS) is 16.5. The van der Waals surface area contributed by atoms with Crippen molar-refractivity contribution in [3.05, 3.63) is 56.9 Å². The van der Waals surface area contributed by atoms with Gasteiger partial charge >= 0.3 is 0 Å². The van der Waals surface area contributed by atoms with E-state index in [1.54, 1.807) is 11.3 Å². The first-order chi connectivity index (χ1) is 13.7. The lowest BCUT2D eigenvalue weighted by Crippen LogP contribution is -2.43. The van der Waals surface area contributed by atoms with Gasteiger partial charge in [-0.3, -0.25) is 4.79 Å². The number of aryl methyl sites for hydroxylation is 1. The Kier molecular flexibility index (Phi) is 4.70.